The van der Waals surface area contributed by atoms with E-state index in [1.54, 1.807) is 6.07 Å². The quantitative estimate of drug-likeness (QED) is 0.601. The van der Waals surface area contributed by atoms with Crippen molar-refractivity contribution in [3.05, 3.63) is 64.1 Å². The molecule has 0 aliphatic heterocycles. The maximum atomic E-state index is 6.19. The molecule has 112 valence electrons. The van der Waals surface area contributed by atoms with Crippen molar-refractivity contribution in [2.45, 2.75) is 18.9 Å². The summed E-state index contributed by atoms with van der Waals surface area (Å²) in [5, 5.41) is 1.15. The van der Waals surface area contributed by atoms with Crippen LogP contribution in [-0.2, 0) is 6.42 Å². The number of rotatable bonds is 7. The first kappa shape index (κ1) is 16.1. The van der Waals surface area contributed by atoms with Gasteiger partial charge in [-0.15, -0.1) is 0 Å². The zero-order valence-corrected chi connectivity index (χ0v) is 13.1. The molecular formula is C16H18Cl2N2O. The summed E-state index contributed by atoms with van der Waals surface area (Å²) in [4.78, 5) is 0. The molecule has 3 nitrogen and oxygen atoms in total. The summed E-state index contributed by atoms with van der Waals surface area (Å²) < 4.78 is 5.68. The van der Waals surface area contributed by atoms with Crippen LogP contribution in [0.4, 0.5) is 0 Å². The molecule has 5 heteroatoms. The van der Waals surface area contributed by atoms with Gasteiger partial charge in [-0.05, 0) is 36.6 Å². The largest absolute Gasteiger partial charge is 0.494 e. The van der Waals surface area contributed by atoms with Gasteiger partial charge in [0.25, 0.3) is 0 Å². The molecule has 2 aromatic carbocycles. The summed E-state index contributed by atoms with van der Waals surface area (Å²) >= 11 is 12.2. The van der Waals surface area contributed by atoms with Crippen molar-refractivity contribution >= 4 is 23.2 Å². The molecule has 0 aromatic heterocycles. The van der Waals surface area contributed by atoms with Gasteiger partial charge in [0.1, 0.15) is 5.75 Å². The van der Waals surface area contributed by atoms with Gasteiger partial charge in [0.05, 0.1) is 16.7 Å². The molecule has 0 spiro atoms. The molecule has 3 N–H and O–H groups in total. The van der Waals surface area contributed by atoms with Crippen LogP contribution in [0.2, 0.25) is 10.0 Å². The monoisotopic (exact) mass is 324 g/mol. The van der Waals surface area contributed by atoms with Crippen LogP contribution < -0.4 is 16.0 Å². The van der Waals surface area contributed by atoms with Gasteiger partial charge < -0.3 is 4.74 Å². The fourth-order valence-electron chi connectivity index (χ4n) is 2.05. The fourth-order valence-corrected chi connectivity index (χ4v) is 2.45. The first-order chi connectivity index (χ1) is 10.2. The Morgan fingerprint density at radius 3 is 2.52 bits per heavy atom. The Morgan fingerprint density at radius 1 is 1.05 bits per heavy atom. The minimum absolute atomic E-state index is 0.0738. The minimum Gasteiger partial charge on any atom is -0.494 e. The van der Waals surface area contributed by atoms with Gasteiger partial charge in [-0.3, -0.25) is 11.3 Å². The van der Waals surface area contributed by atoms with Crippen molar-refractivity contribution < 1.29 is 4.74 Å². The van der Waals surface area contributed by atoms with E-state index in [4.69, 9.17) is 33.8 Å². The van der Waals surface area contributed by atoms with E-state index >= 15 is 0 Å². The molecule has 0 aliphatic rings. The first-order valence-electron chi connectivity index (χ1n) is 6.77. The molecule has 0 heterocycles. The normalized spacial score (nSPS) is 12.1. The number of para-hydroxylation sites is 1. The maximum Gasteiger partial charge on any atom is 0.119 e. The lowest BCUT2D eigenvalue weighted by atomic mass is 10.0. The highest BCUT2D eigenvalue weighted by atomic mass is 35.5. The van der Waals surface area contributed by atoms with Gasteiger partial charge >= 0.3 is 0 Å². The van der Waals surface area contributed by atoms with Crippen molar-refractivity contribution in [2.75, 3.05) is 6.61 Å². The molecular weight excluding hydrogens is 307 g/mol. The van der Waals surface area contributed by atoms with Crippen molar-refractivity contribution in [1.29, 1.82) is 0 Å². The molecule has 1 unspecified atom stereocenters. The topological polar surface area (TPSA) is 47.3 Å². The number of hydrogen-bond donors (Lipinski definition) is 2. The Labute approximate surface area is 135 Å². The first-order valence-corrected chi connectivity index (χ1v) is 7.53. The second-order valence-corrected chi connectivity index (χ2v) is 5.52. The number of hydrazine groups is 1. The van der Waals surface area contributed by atoms with Crippen molar-refractivity contribution in [2.24, 2.45) is 5.84 Å². The third kappa shape index (κ3) is 4.90. The molecule has 0 fully saturated rings. The van der Waals surface area contributed by atoms with Crippen LogP contribution in [0.5, 0.6) is 5.75 Å². The second-order valence-electron chi connectivity index (χ2n) is 4.73. The zero-order chi connectivity index (χ0) is 15.1. The van der Waals surface area contributed by atoms with E-state index in [1.165, 1.54) is 0 Å². The molecule has 0 saturated heterocycles. The lowest BCUT2D eigenvalue weighted by molar-refractivity contribution is 0.285. The number of halogens is 2. The molecule has 0 amide bonds. The van der Waals surface area contributed by atoms with Gasteiger partial charge in [0.15, 0.2) is 0 Å². The number of hydrogen-bond acceptors (Lipinski definition) is 3. The third-order valence-electron chi connectivity index (χ3n) is 3.21. The Kier molecular flexibility index (Phi) is 6.33. The van der Waals surface area contributed by atoms with E-state index in [0.29, 0.717) is 23.1 Å². The van der Waals surface area contributed by atoms with E-state index in [9.17, 15) is 0 Å². The van der Waals surface area contributed by atoms with Crippen molar-refractivity contribution in [3.8, 4) is 5.75 Å². The highest BCUT2D eigenvalue weighted by Crippen LogP contribution is 2.26. The predicted molar refractivity (Wildman–Crippen MR) is 87.8 cm³/mol. The molecule has 0 bridgehead atoms. The van der Waals surface area contributed by atoms with Crippen LogP contribution in [-0.4, -0.2) is 12.6 Å². The highest BCUT2D eigenvalue weighted by Gasteiger charge is 2.12. The van der Waals surface area contributed by atoms with E-state index < -0.39 is 0 Å². The fraction of sp³-hybridized carbons (Fsp3) is 0.250. The molecule has 21 heavy (non-hydrogen) atoms. The van der Waals surface area contributed by atoms with Crippen LogP contribution in [0.25, 0.3) is 0 Å². The van der Waals surface area contributed by atoms with Gasteiger partial charge in [0, 0.05) is 6.04 Å². The molecule has 0 radical (unpaired) electrons. The van der Waals surface area contributed by atoms with Gasteiger partial charge in [-0.25, -0.2) is 0 Å². The molecule has 1 atom stereocenters. The number of nitrogens with two attached hydrogens (primary N) is 1. The van der Waals surface area contributed by atoms with E-state index in [2.05, 4.69) is 5.43 Å². The summed E-state index contributed by atoms with van der Waals surface area (Å²) in [5.74, 6) is 6.46. The molecule has 2 rings (SSSR count). The lowest BCUT2D eigenvalue weighted by Gasteiger charge is -2.17. The van der Waals surface area contributed by atoms with Crippen LogP contribution in [0, 0.1) is 0 Å². The molecule has 2 aromatic rings. The number of ether oxygens (including phenoxy) is 1. The number of nitrogens with one attached hydrogen (secondary N) is 1. The third-order valence-corrected chi connectivity index (χ3v) is 4.07. The van der Waals surface area contributed by atoms with Gasteiger partial charge in [-0.1, -0.05) is 53.5 Å². The summed E-state index contributed by atoms with van der Waals surface area (Å²) in [5.41, 5.74) is 3.78. The van der Waals surface area contributed by atoms with E-state index in [-0.39, 0.29) is 6.04 Å². The standard InChI is InChI=1S/C16H18Cl2N2O/c17-15-8-4-5-12(16(15)18)11-13(20-19)9-10-21-14-6-2-1-3-7-14/h1-8,13,20H,9-11,19H2. The number of benzene rings is 2. The smallest absolute Gasteiger partial charge is 0.119 e. The van der Waals surface area contributed by atoms with E-state index in [0.717, 1.165) is 17.7 Å². The van der Waals surface area contributed by atoms with Crippen molar-refractivity contribution in [1.82, 2.24) is 5.43 Å². The highest BCUT2D eigenvalue weighted by molar-refractivity contribution is 6.42. The summed E-state index contributed by atoms with van der Waals surface area (Å²) in [6.45, 7) is 0.580. The average Bonchev–Trinajstić information content (AvgIpc) is 2.51. The SMILES string of the molecule is NNC(CCOc1ccccc1)Cc1cccc(Cl)c1Cl. The lowest BCUT2D eigenvalue weighted by Crippen LogP contribution is -2.38. The molecule has 0 saturated carbocycles. The Bertz CT molecular complexity index is 563. The predicted octanol–water partition coefficient (Wildman–Crippen LogP) is 3.84. The van der Waals surface area contributed by atoms with Crippen LogP contribution in [0.1, 0.15) is 12.0 Å². The van der Waals surface area contributed by atoms with Gasteiger partial charge in [0.2, 0.25) is 0 Å². The van der Waals surface area contributed by atoms with Crippen molar-refractivity contribution in [3.63, 3.8) is 0 Å². The zero-order valence-electron chi connectivity index (χ0n) is 11.6. The maximum absolute atomic E-state index is 6.19. The summed E-state index contributed by atoms with van der Waals surface area (Å²) in [6, 6.07) is 15.4. The average molecular weight is 325 g/mol. The Hall–Kier alpha value is -1.26. The van der Waals surface area contributed by atoms with Crippen LogP contribution in [0.15, 0.2) is 48.5 Å². The van der Waals surface area contributed by atoms with Gasteiger partial charge in [-0.2, -0.15) is 0 Å². The van der Waals surface area contributed by atoms with E-state index in [1.807, 2.05) is 42.5 Å². The Morgan fingerprint density at radius 2 is 1.81 bits per heavy atom. The minimum atomic E-state index is 0.0738. The molecule has 0 aliphatic carbocycles. The van der Waals surface area contributed by atoms with Crippen LogP contribution >= 0.6 is 23.2 Å². The summed E-state index contributed by atoms with van der Waals surface area (Å²) in [6.07, 6.45) is 1.47. The Balaban J connectivity index is 1.87. The second kappa shape index (κ2) is 8.25. The summed E-state index contributed by atoms with van der Waals surface area (Å²) in [7, 11) is 0. The van der Waals surface area contributed by atoms with Crippen LogP contribution in [0.3, 0.4) is 0 Å².